The Bertz CT molecular complexity index is 540. The van der Waals surface area contributed by atoms with Gasteiger partial charge in [0.1, 0.15) is 0 Å². The van der Waals surface area contributed by atoms with E-state index in [1.165, 1.54) is 18.2 Å². The fourth-order valence-electron chi connectivity index (χ4n) is 1.75. The molecule has 7 nitrogen and oxygen atoms in total. The van der Waals surface area contributed by atoms with E-state index in [4.69, 9.17) is 14.0 Å². The van der Waals surface area contributed by atoms with Crippen LogP contribution in [0.1, 0.15) is 11.1 Å². The summed E-state index contributed by atoms with van der Waals surface area (Å²) >= 11 is 0. The third-order valence-electron chi connectivity index (χ3n) is 2.54. The maximum atomic E-state index is 11.3. The number of phosphoric ester groups is 1. The van der Waals surface area contributed by atoms with Crippen LogP contribution in [-0.2, 0) is 31.1 Å². The van der Waals surface area contributed by atoms with Crippen molar-refractivity contribution in [3.63, 3.8) is 0 Å². The molecule has 0 unspecified atom stereocenters. The summed E-state index contributed by atoms with van der Waals surface area (Å²) in [5, 5.41) is 9.43. The Morgan fingerprint density at radius 1 is 1.14 bits per heavy atom. The molecular formula is C14H19O7P. The van der Waals surface area contributed by atoms with E-state index in [2.05, 4.69) is 13.2 Å². The molecule has 0 aliphatic heterocycles. The Kier molecular flexibility index (Phi) is 7.12. The minimum Gasteiger partial charge on any atom is -0.392 e. The van der Waals surface area contributed by atoms with E-state index in [0.717, 1.165) is 0 Å². The van der Waals surface area contributed by atoms with Crippen LogP contribution in [0.5, 0.6) is 0 Å². The second-order valence-electron chi connectivity index (χ2n) is 4.15. The molecule has 0 aliphatic carbocycles. The molecule has 0 spiro atoms. The van der Waals surface area contributed by atoms with Crippen LogP contribution in [0.4, 0.5) is 0 Å². The lowest BCUT2D eigenvalue weighted by atomic mass is 10.1. The first-order chi connectivity index (χ1) is 10.4. The summed E-state index contributed by atoms with van der Waals surface area (Å²) in [6, 6.07) is 6.29. The normalized spacial score (nSPS) is 12.1. The van der Waals surface area contributed by atoms with Crippen LogP contribution in [-0.4, -0.2) is 28.1 Å². The quantitative estimate of drug-likeness (QED) is 0.341. The standard InChI is InChI=1S/C14H19O7P/c1-3-9-19-14(20-10-4-2,21-22(16,17)18)13-8-6-5-7-12(13)11-15/h3-8,15H,1-2,9-11H2,(H2,16,17,18). The van der Waals surface area contributed by atoms with Crippen LogP contribution in [0.25, 0.3) is 0 Å². The number of hydrogen-bond acceptors (Lipinski definition) is 5. The first-order valence-corrected chi connectivity index (χ1v) is 7.87. The molecule has 0 saturated carbocycles. The molecule has 0 amide bonds. The highest BCUT2D eigenvalue weighted by molar-refractivity contribution is 7.46. The second-order valence-corrected chi connectivity index (χ2v) is 5.32. The average molecular weight is 330 g/mol. The topological polar surface area (TPSA) is 105 Å². The lowest BCUT2D eigenvalue weighted by Crippen LogP contribution is -2.37. The third-order valence-corrected chi connectivity index (χ3v) is 3.02. The smallest absolute Gasteiger partial charge is 0.392 e. The molecule has 22 heavy (non-hydrogen) atoms. The predicted molar refractivity (Wildman–Crippen MR) is 79.5 cm³/mol. The zero-order chi connectivity index (χ0) is 16.6. The summed E-state index contributed by atoms with van der Waals surface area (Å²) in [5.74, 6) is -2.19. The van der Waals surface area contributed by atoms with Gasteiger partial charge in [0.05, 0.1) is 19.8 Å². The zero-order valence-electron chi connectivity index (χ0n) is 11.9. The molecule has 0 aromatic heterocycles. The van der Waals surface area contributed by atoms with Gasteiger partial charge >= 0.3 is 13.8 Å². The second kappa shape index (κ2) is 8.36. The van der Waals surface area contributed by atoms with Crippen molar-refractivity contribution in [3.8, 4) is 0 Å². The SMILES string of the molecule is C=CCOC(OCC=C)(OP(=O)(O)O)c1ccccc1CO. The van der Waals surface area contributed by atoms with Crippen LogP contribution < -0.4 is 0 Å². The average Bonchev–Trinajstić information content (AvgIpc) is 2.48. The van der Waals surface area contributed by atoms with E-state index in [1.807, 2.05) is 0 Å². The van der Waals surface area contributed by atoms with Gasteiger partial charge in [0, 0.05) is 5.56 Å². The number of ether oxygens (including phenoxy) is 2. The lowest BCUT2D eigenvalue weighted by molar-refractivity contribution is -0.353. The Morgan fingerprint density at radius 2 is 1.68 bits per heavy atom. The van der Waals surface area contributed by atoms with E-state index < -0.39 is 20.4 Å². The molecule has 1 aromatic carbocycles. The van der Waals surface area contributed by atoms with Gasteiger partial charge < -0.3 is 24.4 Å². The van der Waals surface area contributed by atoms with Gasteiger partial charge in [0.2, 0.25) is 0 Å². The number of phosphoric acid groups is 1. The van der Waals surface area contributed by atoms with Crippen LogP contribution >= 0.6 is 7.82 Å². The molecule has 0 fully saturated rings. The Labute approximate surface area is 128 Å². The summed E-state index contributed by atoms with van der Waals surface area (Å²) in [6.45, 7) is 6.36. The summed E-state index contributed by atoms with van der Waals surface area (Å²) in [7, 11) is -4.96. The van der Waals surface area contributed by atoms with E-state index in [-0.39, 0.29) is 18.8 Å². The molecule has 1 rings (SSSR count). The minimum absolute atomic E-state index is 0.100. The number of benzene rings is 1. The highest BCUT2D eigenvalue weighted by atomic mass is 31.2. The van der Waals surface area contributed by atoms with Gasteiger partial charge in [-0.05, 0) is 5.56 Å². The number of rotatable bonds is 10. The van der Waals surface area contributed by atoms with Crippen molar-refractivity contribution in [3.05, 3.63) is 60.7 Å². The van der Waals surface area contributed by atoms with Gasteiger partial charge in [-0.1, -0.05) is 36.4 Å². The van der Waals surface area contributed by atoms with Gasteiger partial charge in [-0.3, -0.25) is 0 Å². The van der Waals surface area contributed by atoms with Crippen molar-refractivity contribution in [1.29, 1.82) is 0 Å². The Morgan fingerprint density at radius 3 is 2.14 bits per heavy atom. The van der Waals surface area contributed by atoms with Gasteiger partial charge in [-0.15, -0.1) is 13.2 Å². The minimum atomic E-state index is -4.96. The largest absolute Gasteiger partial charge is 0.474 e. The van der Waals surface area contributed by atoms with Gasteiger partial charge in [0.25, 0.3) is 0 Å². The molecule has 0 aliphatic rings. The molecule has 0 bridgehead atoms. The van der Waals surface area contributed by atoms with Crippen LogP contribution in [0.3, 0.4) is 0 Å². The Balaban J connectivity index is 3.40. The molecule has 0 heterocycles. The fourth-order valence-corrected chi connectivity index (χ4v) is 2.27. The molecule has 1 aromatic rings. The molecule has 3 N–H and O–H groups in total. The van der Waals surface area contributed by atoms with E-state index in [9.17, 15) is 19.5 Å². The lowest BCUT2D eigenvalue weighted by Gasteiger charge is -2.33. The van der Waals surface area contributed by atoms with Gasteiger partial charge in [-0.2, -0.15) is 0 Å². The first kappa shape index (κ1) is 18.7. The summed E-state index contributed by atoms with van der Waals surface area (Å²) in [5.41, 5.74) is 0.480. The molecule has 0 radical (unpaired) electrons. The fraction of sp³-hybridized carbons (Fsp3) is 0.286. The van der Waals surface area contributed by atoms with E-state index >= 15 is 0 Å². The van der Waals surface area contributed by atoms with Gasteiger partial charge in [0.15, 0.2) is 0 Å². The van der Waals surface area contributed by atoms with Crippen LogP contribution in [0, 0.1) is 0 Å². The number of aliphatic hydroxyl groups excluding tert-OH is 1. The third kappa shape index (κ3) is 5.15. The Hall–Kier alpha value is -1.31. The first-order valence-electron chi connectivity index (χ1n) is 6.33. The van der Waals surface area contributed by atoms with Crippen LogP contribution in [0.15, 0.2) is 49.6 Å². The summed E-state index contributed by atoms with van der Waals surface area (Å²) in [6.07, 6.45) is 2.74. The van der Waals surface area contributed by atoms with Crippen molar-refractivity contribution in [1.82, 2.24) is 0 Å². The number of hydrogen-bond donors (Lipinski definition) is 3. The van der Waals surface area contributed by atoms with E-state index in [1.54, 1.807) is 18.2 Å². The van der Waals surface area contributed by atoms with Crippen LogP contribution in [0.2, 0.25) is 0 Å². The zero-order valence-corrected chi connectivity index (χ0v) is 12.8. The summed E-state index contributed by atoms with van der Waals surface area (Å²) in [4.78, 5) is 18.4. The number of aliphatic hydroxyl groups is 1. The highest BCUT2D eigenvalue weighted by Crippen LogP contribution is 2.47. The predicted octanol–water partition coefficient (Wildman–Crippen LogP) is 1.80. The highest BCUT2D eigenvalue weighted by Gasteiger charge is 2.43. The molecule has 0 atom stereocenters. The van der Waals surface area contributed by atoms with Crippen molar-refractivity contribution in [2.24, 2.45) is 0 Å². The van der Waals surface area contributed by atoms with Gasteiger partial charge in [-0.25, -0.2) is 9.09 Å². The molecule has 8 heteroatoms. The molecular weight excluding hydrogens is 311 g/mol. The summed E-state index contributed by atoms with van der Waals surface area (Å²) < 4.78 is 26.9. The molecule has 122 valence electrons. The van der Waals surface area contributed by atoms with E-state index in [0.29, 0.717) is 5.56 Å². The maximum absolute atomic E-state index is 11.3. The van der Waals surface area contributed by atoms with Crippen molar-refractivity contribution >= 4 is 7.82 Å². The molecule has 0 saturated heterocycles. The van der Waals surface area contributed by atoms with Crippen molar-refractivity contribution < 1.29 is 33.5 Å². The van der Waals surface area contributed by atoms with Crippen molar-refractivity contribution in [2.45, 2.75) is 12.6 Å². The maximum Gasteiger partial charge on any atom is 0.474 e. The monoisotopic (exact) mass is 330 g/mol. The van der Waals surface area contributed by atoms with Crippen molar-refractivity contribution in [2.75, 3.05) is 13.2 Å².